The molecule has 1 unspecified atom stereocenters. The number of nitrogens with one attached hydrogen (secondary N) is 2. The third-order valence-electron chi connectivity index (χ3n) is 7.36. The molecule has 0 spiro atoms. The number of rotatable bonds is 12. The molecule has 0 aliphatic carbocycles. The van der Waals surface area contributed by atoms with E-state index in [4.69, 9.17) is 31.2 Å². The summed E-state index contributed by atoms with van der Waals surface area (Å²) in [5, 5.41) is 18.9. The number of ether oxygens (including phenoxy) is 3. The van der Waals surface area contributed by atoms with E-state index in [0.29, 0.717) is 51.0 Å². The average Bonchev–Trinajstić information content (AvgIpc) is 3.47. The normalized spacial score (nSPS) is 13.6. The summed E-state index contributed by atoms with van der Waals surface area (Å²) in [4.78, 5) is 33.7. The maximum absolute atomic E-state index is 14.4. The number of fused-ring (bicyclic) bond motifs is 1. The van der Waals surface area contributed by atoms with E-state index in [1.165, 1.54) is 51.2 Å². The Morgan fingerprint density at radius 3 is 2.48 bits per heavy atom. The van der Waals surface area contributed by atoms with Crippen molar-refractivity contribution in [2.24, 2.45) is 5.16 Å². The van der Waals surface area contributed by atoms with Crippen molar-refractivity contribution in [3.8, 4) is 23.3 Å². The van der Waals surface area contributed by atoms with Gasteiger partial charge in [-0.05, 0) is 63.1 Å². The van der Waals surface area contributed by atoms with Gasteiger partial charge in [0.15, 0.2) is 0 Å². The lowest BCUT2D eigenvalue weighted by atomic mass is 10.0. The highest BCUT2D eigenvalue weighted by molar-refractivity contribution is 6.30. The number of halogens is 4. The van der Waals surface area contributed by atoms with E-state index in [0.717, 1.165) is 0 Å². The molecule has 1 aliphatic rings. The molecular weight excluding hydrogens is 655 g/mol. The number of nitrogens with zero attached hydrogens (tertiary/aromatic N) is 3. The molecule has 15 heteroatoms. The van der Waals surface area contributed by atoms with E-state index in [2.05, 4.69) is 20.5 Å². The van der Waals surface area contributed by atoms with Crippen LogP contribution in [0.3, 0.4) is 0 Å². The van der Waals surface area contributed by atoms with Crippen molar-refractivity contribution in [3.05, 3.63) is 76.3 Å². The fourth-order valence-electron chi connectivity index (χ4n) is 4.92. The van der Waals surface area contributed by atoms with Crippen molar-refractivity contribution in [2.45, 2.75) is 45.2 Å². The molecule has 0 aromatic heterocycles. The lowest BCUT2D eigenvalue weighted by Crippen LogP contribution is -2.43. The lowest BCUT2D eigenvalue weighted by molar-refractivity contribution is -0.274. The van der Waals surface area contributed by atoms with E-state index < -0.39 is 35.6 Å². The van der Waals surface area contributed by atoms with Crippen molar-refractivity contribution in [3.63, 3.8) is 0 Å². The van der Waals surface area contributed by atoms with Crippen LogP contribution in [0, 0.1) is 11.3 Å². The number of nitriles is 1. The van der Waals surface area contributed by atoms with Crippen LogP contribution in [0.2, 0.25) is 5.02 Å². The first-order valence-electron chi connectivity index (χ1n) is 14.5. The van der Waals surface area contributed by atoms with Crippen LogP contribution < -0.4 is 29.7 Å². The second-order valence-electron chi connectivity index (χ2n) is 11.1. The molecule has 3 aromatic carbocycles. The second-order valence-corrected chi connectivity index (χ2v) is 11.5. The van der Waals surface area contributed by atoms with Crippen LogP contribution in [-0.2, 0) is 20.8 Å². The Kier molecular flexibility index (Phi) is 10.9. The number of benzene rings is 3. The zero-order valence-corrected chi connectivity index (χ0v) is 27.5. The third-order valence-corrected chi connectivity index (χ3v) is 7.60. The second kappa shape index (κ2) is 14.7. The van der Waals surface area contributed by atoms with Gasteiger partial charge in [0.05, 0.1) is 31.7 Å². The SMILES string of the molecule is COc1cc(NC(C(=O)N2CCc3ccc(OC(F)(F)F)cc32)c2ccc(Cl)cc2OC)cc(/C(C)=N/OC(C)(C)C(=O)NCC#N)c1. The number of anilines is 2. The molecule has 254 valence electrons. The zero-order chi connectivity index (χ0) is 35.2. The fourth-order valence-corrected chi connectivity index (χ4v) is 5.08. The zero-order valence-electron chi connectivity index (χ0n) is 26.7. The Bertz CT molecular complexity index is 1760. The summed E-state index contributed by atoms with van der Waals surface area (Å²) in [6.45, 7) is 4.67. The van der Waals surface area contributed by atoms with E-state index in [1.54, 1.807) is 43.3 Å². The maximum Gasteiger partial charge on any atom is 0.573 e. The van der Waals surface area contributed by atoms with Crippen LogP contribution >= 0.6 is 11.6 Å². The molecule has 0 saturated carbocycles. The van der Waals surface area contributed by atoms with Gasteiger partial charge in [-0.15, -0.1) is 13.2 Å². The summed E-state index contributed by atoms with van der Waals surface area (Å²) < 4.78 is 54.2. The van der Waals surface area contributed by atoms with E-state index in [-0.39, 0.29) is 18.8 Å². The quantitative estimate of drug-likeness (QED) is 0.131. The van der Waals surface area contributed by atoms with Crippen LogP contribution in [0.1, 0.15) is 43.5 Å². The average molecular weight is 688 g/mol. The molecule has 0 bridgehead atoms. The molecular formula is C33H33ClF3N5O6. The number of carbonyl (C=O) groups is 2. The summed E-state index contributed by atoms with van der Waals surface area (Å²) in [6.07, 6.45) is -4.49. The van der Waals surface area contributed by atoms with E-state index >= 15 is 0 Å². The van der Waals surface area contributed by atoms with Crippen LogP contribution in [0.15, 0.2) is 59.8 Å². The molecule has 11 nitrogen and oxygen atoms in total. The minimum absolute atomic E-state index is 0.191. The summed E-state index contributed by atoms with van der Waals surface area (Å²) >= 11 is 6.22. The molecule has 1 aliphatic heterocycles. The van der Waals surface area contributed by atoms with Crippen LogP contribution in [0.5, 0.6) is 17.2 Å². The number of methoxy groups -OCH3 is 2. The fraction of sp³-hybridized carbons (Fsp3) is 0.333. The molecule has 0 fully saturated rings. The molecule has 3 aromatic rings. The Hall–Kier alpha value is -5.16. The Balaban J connectivity index is 1.72. The van der Waals surface area contributed by atoms with Gasteiger partial charge in [-0.3, -0.25) is 9.59 Å². The number of alkyl halides is 3. The number of amides is 2. The van der Waals surface area contributed by atoms with Crippen LogP contribution in [0.25, 0.3) is 0 Å². The number of carbonyl (C=O) groups excluding carboxylic acids is 2. The first-order valence-corrected chi connectivity index (χ1v) is 14.9. The van der Waals surface area contributed by atoms with E-state index in [1.807, 2.05) is 6.07 Å². The van der Waals surface area contributed by atoms with Gasteiger partial charge >= 0.3 is 6.36 Å². The molecule has 1 heterocycles. The topological polar surface area (TPSA) is 135 Å². The minimum Gasteiger partial charge on any atom is -0.497 e. The van der Waals surface area contributed by atoms with Crippen molar-refractivity contribution in [2.75, 3.05) is 37.5 Å². The highest BCUT2D eigenvalue weighted by Crippen LogP contribution is 2.38. The molecule has 0 radical (unpaired) electrons. The van der Waals surface area contributed by atoms with Crippen molar-refractivity contribution < 1.29 is 41.8 Å². The number of hydrogen-bond acceptors (Lipinski definition) is 9. The van der Waals surface area contributed by atoms with Crippen molar-refractivity contribution in [1.82, 2.24) is 5.32 Å². The van der Waals surface area contributed by atoms with E-state index in [9.17, 15) is 22.8 Å². The number of hydrogen-bond donors (Lipinski definition) is 2. The minimum atomic E-state index is -4.90. The summed E-state index contributed by atoms with van der Waals surface area (Å²) in [5.41, 5.74) is 1.27. The standard InChI is InChI=1S/C33H33ClF3N5O6/c1-19(41-48-32(2,3)31(44)39-12-11-38)21-14-23(17-25(15-21)45-4)40-29(26-9-7-22(34)16-28(26)46-5)30(43)42-13-10-20-6-8-24(18-27(20)42)47-33(35,36)37/h6-9,14-18,29,40H,10,12-13H2,1-5H3,(H,39,44)/b41-19+. The van der Waals surface area contributed by atoms with Gasteiger partial charge in [0.25, 0.3) is 11.8 Å². The summed E-state index contributed by atoms with van der Waals surface area (Å²) in [6, 6.07) is 14.4. The summed E-state index contributed by atoms with van der Waals surface area (Å²) in [5.74, 6) is -0.776. The first-order chi connectivity index (χ1) is 22.6. The monoisotopic (exact) mass is 687 g/mol. The van der Waals surface area contributed by atoms with Gasteiger partial charge in [0.2, 0.25) is 5.60 Å². The maximum atomic E-state index is 14.4. The molecule has 1 atom stereocenters. The predicted octanol–water partition coefficient (Wildman–Crippen LogP) is 6.16. The van der Waals surface area contributed by atoms with Crippen LogP contribution in [0.4, 0.5) is 24.5 Å². The van der Waals surface area contributed by atoms with Gasteiger partial charge in [-0.2, -0.15) is 5.26 Å². The first kappa shape index (κ1) is 35.7. The largest absolute Gasteiger partial charge is 0.573 e. The van der Waals surface area contributed by atoms with Gasteiger partial charge in [-0.25, -0.2) is 0 Å². The van der Waals surface area contributed by atoms with Gasteiger partial charge in [0, 0.05) is 40.5 Å². The molecule has 0 saturated heterocycles. The number of oxime groups is 1. The Labute approximate surface area is 280 Å². The molecule has 2 N–H and O–H groups in total. The third kappa shape index (κ3) is 8.60. The summed E-state index contributed by atoms with van der Waals surface area (Å²) in [7, 11) is 2.88. The van der Waals surface area contributed by atoms with Crippen molar-refractivity contribution in [1.29, 1.82) is 5.26 Å². The van der Waals surface area contributed by atoms with Gasteiger partial charge in [0.1, 0.15) is 29.8 Å². The molecule has 2 amide bonds. The van der Waals surface area contributed by atoms with Crippen LogP contribution in [-0.4, -0.2) is 56.8 Å². The Morgan fingerprint density at radius 2 is 1.81 bits per heavy atom. The van der Waals surface area contributed by atoms with Gasteiger partial charge in [-0.1, -0.05) is 28.9 Å². The van der Waals surface area contributed by atoms with Gasteiger partial charge < -0.3 is 34.6 Å². The molecule has 48 heavy (non-hydrogen) atoms. The highest BCUT2D eigenvalue weighted by Gasteiger charge is 2.36. The lowest BCUT2D eigenvalue weighted by Gasteiger charge is -2.27. The smallest absolute Gasteiger partial charge is 0.497 e. The van der Waals surface area contributed by atoms with Crippen molar-refractivity contribution >= 4 is 40.5 Å². The predicted molar refractivity (Wildman–Crippen MR) is 173 cm³/mol. The highest BCUT2D eigenvalue weighted by atomic mass is 35.5. The Morgan fingerprint density at radius 1 is 1.06 bits per heavy atom. The molecule has 4 rings (SSSR count).